The van der Waals surface area contributed by atoms with E-state index in [1.807, 2.05) is 0 Å². The Bertz CT molecular complexity index is 1510. The number of halogens is 3. The number of rotatable bonds is 5. The second-order valence-electron chi connectivity index (χ2n) is 10.3. The Morgan fingerprint density at radius 2 is 1.75 bits per heavy atom. The molecule has 0 spiro atoms. The lowest BCUT2D eigenvalue weighted by Gasteiger charge is -2.50. The molecule has 4 atom stereocenters. The minimum absolute atomic E-state index is 0.144. The van der Waals surface area contributed by atoms with E-state index in [1.54, 1.807) is 19.0 Å². The fourth-order valence-corrected chi connectivity index (χ4v) is 6.34. The molecule has 0 saturated heterocycles. The highest BCUT2D eigenvalue weighted by atomic mass is 32.2. The normalized spacial score (nSPS) is 26.9. The molecule has 3 aliphatic carbocycles. The first-order valence-corrected chi connectivity index (χ1v) is 13.2. The molecule has 1 aromatic rings. The maximum absolute atomic E-state index is 13.9. The molecule has 0 bridgehead atoms. The van der Waals surface area contributed by atoms with Gasteiger partial charge in [-0.15, -0.1) is 0 Å². The molecule has 40 heavy (non-hydrogen) atoms. The number of hydrogen-bond donors (Lipinski definition) is 4. The average Bonchev–Trinajstić information content (AvgIpc) is 2.79. The second-order valence-corrected chi connectivity index (χ2v) is 11.8. The zero-order valence-electron chi connectivity index (χ0n) is 21.6. The number of carbonyl (C=O) groups is 3. The molecule has 0 heterocycles. The summed E-state index contributed by atoms with van der Waals surface area (Å²) in [6.45, 7) is 0. The number of alkyl halides is 3. The average molecular weight is 590 g/mol. The zero-order chi connectivity index (χ0) is 30.3. The van der Waals surface area contributed by atoms with Crippen molar-refractivity contribution in [1.29, 1.82) is 0 Å². The van der Waals surface area contributed by atoms with Crippen LogP contribution >= 0.6 is 0 Å². The van der Waals surface area contributed by atoms with Gasteiger partial charge in [0.05, 0.1) is 11.6 Å². The number of amides is 1. The van der Waals surface area contributed by atoms with Crippen LogP contribution in [-0.2, 0) is 30.9 Å². The minimum atomic E-state index is -6.19. The van der Waals surface area contributed by atoms with E-state index in [0.29, 0.717) is 5.69 Å². The van der Waals surface area contributed by atoms with E-state index in [0.717, 1.165) is 6.07 Å². The van der Waals surface area contributed by atoms with Crippen molar-refractivity contribution in [2.45, 2.75) is 30.0 Å². The van der Waals surface area contributed by atoms with Crippen LogP contribution in [0.2, 0.25) is 0 Å². The van der Waals surface area contributed by atoms with Gasteiger partial charge in [-0.05, 0) is 50.6 Å². The van der Waals surface area contributed by atoms with Crippen molar-refractivity contribution in [3.8, 4) is 5.75 Å². The summed E-state index contributed by atoms with van der Waals surface area (Å²) in [6, 6.07) is 0.862. The van der Waals surface area contributed by atoms with Gasteiger partial charge in [-0.25, -0.2) is 0 Å². The first kappa shape index (κ1) is 29.4. The molecule has 16 heteroatoms. The molecular formula is C24H26F3N3O9S. The van der Waals surface area contributed by atoms with E-state index < -0.39 is 90.6 Å². The van der Waals surface area contributed by atoms with Crippen molar-refractivity contribution in [2.75, 3.05) is 33.1 Å². The summed E-state index contributed by atoms with van der Waals surface area (Å²) in [5.74, 6) is -9.12. The van der Waals surface area contributed by atoms with Gasteiger partial charge in [0, 0.05) is 31.3 Å². The van der Waals surface area contributed by atoms with Crippen molar-refractivity contribution in [1.82, 2.24) is 4.90 Å². The third-order valence-corrected chi connectivity index (χ3v) is 8.49. The van der Waals surface area contributed by atoms with Crippen LogP contribution in [-0.4, -0.2) is 91.5 Å². The van der Waals surface area contributed by atoms with Gasteiger partial charge >= 0.3 is 15.6 Å². The predicted molar refractivity (Wildman–Crippen MR) is 133 cm³/mol. The second kappa shape index (κ2) is 9.21. The number of benzene rings is 1. The van der Waals surface area contributed by atoms with Crippen molar-refractivity contribution in [2.24, 2.45) is 17.6 Å². The molecule has 4 rings (SSSR count). The summed E-state index contributed by atoms with van der Waals surface area (Å²) in [7, 11) is -0.127. The van der Waals surface area contributed by atoms with E-state index in [1.165, 1.54) is 25.1 Å². The molecule has 5 N–H and O–H groups in total. The first-order valence-electron chi connectivity index (χ1n) is 11.8. The summed E-state index contributed by atoms with van der Waals surface area (Å²) in [4.78, 5) is 41.9. The number of Topliss-reactive ketones (excluding diaryl/α,β-unsaturated/α-hetero) is 2. The van der Waals surface area contributed by atoms with Gasteiger partial charge in [0.15, 0.2) is 17.1 Å². The predicted octanol–water partition coefficient (Wildman–Crippen LogP) is 0.553. The Balaban J connectivity index is 2.00. The number of aliphatic hydroxyl groups is 3. The van der Waals surface area contributed by atoms with Crippen LogP contribution < -0.4 is 14.8 Å². The molecule has 1 aromatic carbocycles. The summed E-state index contributed by atoms with van der Waals surface area (Å²) in [5, 5.41) is 33.8. The topological polar surface area (TPSA) is 188 Å². The zero-order valence-corrected chi connectivity index (χ0v) is 22.4. The maximum atomic E-state index is 13.9. The molecule has 218 valence electrons. The van der Waals surface area contributed by atoms with Crippen LogP contribution in [0.15, 0.2) is 29.0 Å². The number of primary amides is 1. The number of carbonyl (C=O) groups excluding carboxylic acids is 3. The summed E-state index contributed by atoms with van der Waals surface area (Å²) < 4.78 is 67.3. The molecule has 3 unspecified atom stereocenters. The van der Waals surface area contributed by atoms with E-state index >= 15 is 0 Å². The highest BCUT2D eigenvalue weighted by molar-refractivity contribution is 7.88. The lowest BCUT2D eigenvalue weighted by atomic mass is 9.57. The van der Waals surface area contributed by atoms with Crippen LogP contribution in [0.1, 0.15) is 17.5 Å². The Labute approximate surface area is 226 Å². The number of fused-ring (bicyclic) bond motifs is 3. The lowest BCUT2D eigenvalue weighted by Crippen LogP contribution is -2.65. The minimum Gasteiger partial charge on any atom is -0.508 e. The van der Waals surface area contributed by atoms with Crippen molar-refractivity contribution >= 4 is 39.0 Å². The van der Waals surface area contributed by atoms with Gasteiger partial charge in [-0.3, -0.25) is 19.3 Å². The molecule has 1 saturated carbocycles. The molecule has 1 fully saturated rings. The van der Waals surface area contributed by atoms with Crippen LogP contribution in [0, 0.1) is 11.8 Å². The molecular weight excluding hydrogens is 563 g/mol. The first-order chi connectivity index (χ1) is 18.3. The van der Waals surface area contributed by atoms with Crippen molar-refractivity contribution in [3.05, 3.63) is 40.2 Å². The fraction of sp³-hybridized carbons (Fsp3) is 0.458. The van der Waals surface area contributed by atoms with Crippen molar-refractivity contribution in [3.63, 3.8) is 0 Å². The Morgan fingerprint density at radius 3 is 2.25 bits per heavy atom. The van der Waals surface area contributed by atoms with Crippen LogP contribution in [0.5, 0.6) is 5.75 Å². The van der Waals surface area contributed by atoms with Gasteiger partial charge < -0.3 is 30.1 Å². The standard InChI is InChI=1S/C24H26F3N3O9S/c1-29(2)12-5-6-13(39-40(37,38)24(25,26)27)15-10(12)7-9-8-11-17(30(3)4)19(32)16(22(28)35)21(34)23(11,36)20(33)14(9)18(15)31/h5-6,9,11,17,31,34,36H,7-8H2,1-4H3,(H2,28,35)/t9?,11?,17?,23-/m0/s1. The number of nitrogens with zero attached hydrogens (tertiary/aromatic N) is 2. The third kappa shape index (κ3) is 4.04. The Hall–Kier alpha value is -3.63. The molecule has 0 aliphatic heterocycles. The molecule has 0 radical (unpaired) electrons. The van der Waals surface area contributed by atoms with E-state index in [-0.39, 0.29) is 18.4 Å². The van der Waals surface area contributed by atoms with Gasteiger partial charge in [0.25, 0.3) is 5.91 Å². The number of likely N-dealkylation sites (N-methyl/N-ethyl adjacent to an activating group) is 1. The Kier molecular flexibility index (Phi) is 6.76. The number of hydrogen-bond acceptors (Lipinski definition) is 11. The van der Waals surface area contributed by atoms with Crippen LogP contribution in [0.4, 0.5) is 18.9 Å². The third-order valence-electron chi connectivity index (χ3n) is 7.53. The smallest absolute Gasteiger partial charge is 0.508 e. The number of nitrogens with two attached hydrogens (primary N) is 1. The van der Waals surface area contributed by atoms with Gasteiger partial charge in [0.2, 0.25) is 5.78 Å². The maximum Gasteiger partial charge on any atom is 0.534 e. The SMILES string of the molecule is CN(C)c1ccc(OS(=O)(=O)C(F)(F)F)c2c1CC1CC3C(N(C)C)C(=O)C(C(N)=O)=C(O)[C@@]3(O)C(=O)C1=C2O. The van der Waals surface area contributed by atoms with Gasteiger partial charge in [-0.2, -0.15) is 21.6 Å². The number of ketones is 2. The molecule has 1 amide bonds. The van der Waals surface area contributed by atoms with E-state index in [4.69, 9.17) is 5.73 Å². The van der Waals surface area contributed by atoms with Crippen LogP contribution in [0.3, 0.4) is 0 Å². The number of aliphatic hydroxyl groups excluding tert-OH is 2. The highest BCUT2D eigenvalue weighted by Gasteiger charge is 2.64. The quantitative estimate of drug-likeness (QED) is 0.213. The van der Waals surface area contributed by atoms with Crippen LogP contribution in [0.25, 0.3) is 5.76 Å². The summed E-state index contributed by atoms with van der Waals surface area (Å²) in [5.41, 5.74) is -5.03. The molecule has 12 nitrogen and oxygen atoms in total. The van der Waals surface area contributed by atoms with E-state index in [2.05, 4.69) is 4.18 Å². The van der Waals surface area contributed by atoms with Gasteiger partial charge in [-0.1, -0.05) is 0 Å². The molecule has 0 aromatic heterocycles. The lowest BCUT2D eigenvalue weighted by molar-refractivity contribution is -0.153. The summed E-state index contributed by atoms with van der Waals surface area (Å²) in [6.07, 6.45) is -0.351. The molecule has 3 aliphatic rings. The van der Waals surface area contributed by atoms with Crippen molar-refractivity contribution < 1.29 is 55.5 Å². The van der Waals surface area contributed by atoms with E-state index in [9.17, 15) is 51.3 Å². The Morgan fingerprint density at radius 1 is 1.15 bits per heavy atom. The fourth-order valence-electron chi connectivity index (χ4n) is 5.87. The largest absolute Gasteiger partial charge is 0.534 e. The van der Waals surface area contributed by atoms with Gasteiger partial charge in [0.1, 0.15) is 17.1 Å². The summed E-state index contributed by atoms with van der Waals surface area (Å²) >= 11 is 0. The number of anilines is 1. The highest BCUT2D eigenvalue weighted by Crippen LogP contribution is 2.54. The monoisotopic (exact) mass is 589 g/mol.